The van der Waals surface area contributed by atoms with E-state index in [1.807, 2.05) is 12.4 Å². The third kappa shape index (κ3) is 1.00. The Kier molecular flexibility index (Phi) is 1.38. The number of nitrogen functional groups attached to an aromatic ring is 1. The van der Waals surface area contributed by atoms with Crippen LogP contribution in [0.2, 0.25) is 0 Å². The summed E-state index contributed by atoms with van der Waals surface area (Å²) in [6, 6.07) is 0. The lowest BCUT2D eigenvalue weighted by Crippen LogP contribution is -2.37. The number of fused-ring (bicyclic) bond motifs is 1. The van der Waals surface area contributed by atoms with Crippen molar-refractivity contribution in [3.63, 3.8) is 0 Å². The third-order valence-electron chi connectivity index (χ3n) is 2.42. The molecule has 0 radical (unpaired) electrons. The molecular weight excluding hydrogens is 180 g/mol. The zero-order valence-corrected chi connectivity index (χ0v) is 7.59. The highest BCUT2D eigenvalue weighted by atomic mass is 15.4. The summed E-state index contributed by atoms with van der Waals surface area (Å²) in [5, 5.41) is 4.01. The number of hydrogen-bond donors (Lipinski definition) is 1. The van der Waals surface area contributed by atoms with Crippen LogP contribution in [0.15, 0.2) is 12.4 Å². The van der Waals surface area contributed by atoms with Gasteiger partial charge in [0.1, 0.15) is 0 Å². The molecule has 0 spiro atoms. The number of rotatable bonds is 1. The number of nitrogens with zero attached hydrogens (tertiary/aromatic N) is 5. The lowest BCUT2D eigenvalue weighted by Gasteiger charge is -2.32. The van der Waals surface area contributed by atoms with Crippen LogP contribution in [0.1, 0.15) is 6.42 Å². The molecule has 0 aliphatic carbocycles. The molecule has 0 aromatic carbocycles. The predicted octanol–water partition coefficient (Wildman–Crippen LogP) is -0.0834. The summed E-state index contributed by atoms with van der Waals surface area (Å²) >= 11 is 0. The molecule has 1 fully saturated rings. The van der Waals surface area contributed by atoms with E-state index in [0.29, 0.717) is 5.78 Å². The molecule has 0 saturated carbocycles. The Morgan fingerprint density at radius 2 is 2.21 bits per heavy atom. The van der Waals surface area contributed by atoms with E-state index in [0.717, 1.165) is 18.8 Å². The van der Waals surface area contributed by atoms with Gasteiger partial charge in [-0.05, 0) is 6.42 Å². The first kappa shape index (κ1) is 7.54. The van der Waals surface area contributed by atoms with Crippen molar-refractivity contribution in [2.75, 3.05) is 23.7 Å². The van der Waals surface area contributed by atoms with Gasteiger partial charge in [0.05, 0.1) is 18.1 Å². The minimum absolute atomic E-state index is 0.262. The summed E-state index contributed by atoms with van der Waals surface area (Å²) in [5.41, 5.74) is 6.54. The molecule has 2 aromatic rings. The van der Waals surface area contributed by atoms with Crippen LogP contribution in [0, 0.1) is 0 Å². The van der Waals surface area contributed by atoms with Gasteiger partial charge < -0.3 is 10.6 Å². The molecule has 0 amide bonds. The smallest absolute Gasteiger partial charge is 0.254 e. The maximum Gasteiger partial charge on any atom is 0.254 e. The summed E-state index contributed by atoms with van der Waals surface area (Å²) in [7, 11) is 0. The van der Waals surface area contributed by atoms with Gasteiger partial charge in [0.25, 0.3) is 5.78 Å². The second kappa shape index (κ2) is 2.57. The van der Waals surface area contributed by atoms with Crippen molar-refractivity contribution in [1.82, 2.24) is 19.6 Å². The SMILES string of the molecule is Nc1nc2ncc(N3CCC3)cn2n1. The number of anilines is 2. The largest absolute Gasteiger partial charge is 0.369 e. The Morgan fingerprint density at radius 1 is 1.36 bits per heavy atom. The van der Waals surface area contributed by atoms with Gasteiger partial charge in [-0.2, -0.15) is 4.98 Å². The molecule has 3 rings (SSSR count). The summed E-state index contributed by atoms with van der Waals surface area (Å²) in [4.78, 5) is 10.4. The number of nitrogens with two attached hydrogens (primary N) is 1. The fourth-order valence-corrected chi connectivity index (χ4v) is 1.53. The van der Waals surface area contributed by atoms with E-state index in [1.54, 1.807) is 4.52 Å². The van der Waals surface area contributed by atoms with Crippen molar-refractivity contribution >= 4 is 17.4 Å². The number of aromatic nitrogens is 4. The first-order valence-electron chi connectivity index (χ1n) is 4.56. The molecule has 1 saturated heterocycles. The predicted molar refractivity (Wildman–Crippen MR) is 52.0 cm³/mol. The zero-order valence-electron chi connectivity index (χ0n) is 7.59. The van der Waals surface area contributed by atoms with Crippen LogP contribution >= 0.6 is 0 Å². The summed E-state index contributed by atoms with van der Waals surface area (Å²) in [5.74, 6) is 0.810. The molecule has 2 N–H and O–H groups in total. The van der Waals surface area contributed by atoms with Gasteiger partial charge in [-0.15, -0.1) is 5.10 Å². The maximum absolute atomic E-state index is 5.47. The molecule has 2 aromatic heterocycles. The van der Waals surface area contributed by atoms with Gasteiger partial charge in [0, 0.05) is 13.1 Å². The van der Waals surface area contributed by atoms with Crippen LogP contribution in [0.3, 0.4) is 0 Å². The van der Waals surface area contributed by atoms with Crippen LogP contribution in [-0.2, 0) is 0 Å². The average molecular weight is 190 g/mol. The van der Waals surface area contributed by atoms with E-state index in [-0.39, 0.29) is 5.95 Å². The quantitative estimate of drug-likeness (QED) is 0.680. The highest BCUT2D eigenvalue weighted by molar-refractivity contribution is 5.48. The van der Waals surface area contributed by atoms with E-state index in [2.05, 4.69) is 20.0 Å². The van der Waals surface area contributed by atoms with E-state index in [4.69, 9.17) is 5.73 Å². The minimum Gasteiger partial charge on any atom is -0.369 e. The van der Waals surface area contributed by atoms with Gasteiger partial charge in [0.2, 0.25) is 5.95 Å². The second-order valence-corrected chi connectivity index (χ2v) is 3.37. The Balaban J connectivity index is 2.09. The first-order valence-corrected chi connectivity index (χ1v) is 4.56. The van der Waals surface area contributed by atoms with Crippen LogP contribution in [0.25, 0.3) is 5.78 Å². The van der Waals surface area contributed by atoms with E-state index >= 15 is 0 Å². The highest BCUT2D eigenvalue weighted by Crippen LogP contribution is 2.18. The van der Waals surface area contributed by atoms with Crippen molar-refractivity contribution in [3.8, 4) is 0 Å². The number of hydrogen-bond acceptors (Lipinski definition) is 5. The molecule has 6 heteroatoms. The Morgan fingerprint density at radius 3 is 2.93 bits per heavy atom. The topological polar surface area (TPSA) is 72.3 Å². The molecule has 1 aliphatic heterocycles. The van der Waals surface area contributed by atoms with Gasteiger partial charge in [-0.25, -0.2) is 9.50 Å². The Labute approximate surface area is 80.4 Å². The fourth-order valence-electron chi connectivity index (χ4n) is 1.53. The van der Waals surface area contributed by atoms with E-state index < -0.39 is 0 Å². The molecule has 6 nitrogen and oxygen atoms in total. The summed E-state index contributed by atoms with van der Waals surface area (Å²) in [6.45, 7) is 2.19. The summed E-state index contributed by atoms with van der Waals surface area (Å²) in [6.07, 6.45) is 4.96. The fraction of sp³-hybridized carbons (Fsp3) is 0.375. The van der Waals surface area contributed by atoms with Crippen molar-refractivity contribution < 1.29 is 0 Å². The maximum atomic E-state index is 5.47. The Bertz CT molecular complexity index is 472. The average Bonchev–Trinajstić information content (AvgIpc) is 2.40. The minimum atomic E-state index is 0.262. The first-order chi connectivity index (χ1) is 6.83. The lowest BCUT2D eigenvalue weighted by molar-refractivity contribution is 0.614. The summed E-state index contributed by atoms with van der Waals surface area (Å²) < 4.78 is 1.61. The van der Waals surface area contributed by atoms with Crippen LogP contribution in [0.5, 0.6) is 0 Å². The van der Waals surface area contributed by atoms with Crippen molar-refractivity contribution in [2.45, 2.75) is 6.42 Å². The molecular formula is C8H10N6. The second-order valence-electron chi connectivity index (χ2n) is 3.37. The van der Waals surface area contributed by atoms with E-state index in [1.165, 1.54) is 6.42 Å². The van der Waals surface area contributed by atoms with Crippen LogP contribution < -0.4 is 10.6 Å². The van der Waals surface area contributed by atoms with Gasteiger partial charge in [-0.1, -0.05) is 0 Å². The van der Waals surface area contributed by atoms with Crippen molar-refractivity contribution in [1.29, 1.82) is 0 Å². The van der Waals surface area contributed by atoms with Gasteiger partial charge in [-0.3, -0.25) is 0 Å². The molecule has 3 heterocycles. The molecule has 0 bridgehead atoms. The van der Waals surface area contributed by atoms with Gasteiger partial charge >= 0.3 is 0 Å². The van der Waals surface area contributed by atoms with Crippen molar-refractivity contribution in [3.05, 3.63) is 12.4 Å². The third-order valence-corrected chi connectivity index (χ3v) is 2.42. The molecule has 0 atom stereocenters. The van der Waals surface area contributed by atoms with E-state index in [9.17, 15) is 0 Å². The monoisotopic (exact) mass is 190 g/mol. The molecule has 72 valence electrons. The Hall–Kier alpha value is -1.85. The molecule has 14 heavy (non-hydrogen) atoms. The molecule has 1 aliphatic rings. The molecule has 0 unspecified atom stereocenters. The highest BCUT2D eigenvalue weighted by Gasteiger charge is 2.15. The van der Waals surface area contributed by atoms with Gasteiger partial charge in [0.15, 0.2) is 0 Å². The van der Waals surface area contributed by atoms with Crippen molar-refractivity contribution in [2.24, 2.45) is 0 Å². The zero-order chi connectivity index (χ0) is 9.54. The standard InChI is InChI=1S/C8H10N6/c9-7-11-8-10-4-6(5-14(8)12-7)13-2-1-3-13/h4-5H,1-3H2,(H2,9,12). The van der Waals surface area contributed by atoms with Crippen LogP contribution in [-0.4, -0.2) is 32.7 Å². The normalized spacial score (nSPS) is 15.9. The lowest BCUT2D eigenvalue weighted by atomic mass is 10.2. The van der Waals surface area contributed by atoms with Crippen LogP contribution in [0.4, 0.5) is 11.6 Å².